The summed E-state index contributed by atoms with van der Waals surface area (Å²) < 4.78 is 30.9. The zero-order chi connectivity index (χ0) is 34.7. The summed E-state index contributed by atoms with van der Waals surface area (Å²) >= 11 is 0. The molecule has 1 heterocycles. The van der Waals surface area contributed by atoms with E-state index < -0.39 is 53.9 Å². The molecule has 254 valence electrons. The molecule has 7 N–H and O–H groups in total. The van der Waals surface area contributed by atoms with Crippen LogP contribution in [0.1, 0.15) is 63.8 Å². The number of amides is 2. The number of benzene rings is 2. The van der Waals surface area contributed by atoms with Crippen LogP contribution >= 0.6 is 0 Å². The number of carbonyl (C=O) groups excluding carboxylic acids is 2. The molecule has 0 aliphatic heterocycles. The minimum Gasteiger partial charge on any atom is -0.481 e. The van der Waals surface area contributed by atoms with Gasteiger partial charge in [-0.05, 0) is 54.6 Å². The van der Waals surface area contributed by atoms with E-state index in [9.17, 15) is 33.1 Å². The first kappa shape index (κ1) is 36.8. The van der Waals surface area contributed by atoms with E-state index in [1.54, 1.807) is 6.20 Å². The second-order valence-corrected chi connectivity index (χ2v) is 12.5. The maximum atomic E-state index is 14.8. The fourth-order valence-electron chi connectivity index (χ4n) is 5.14. The summed E-state index contributed by atoms with van der Waals surface area (Å²) in [7, 11) is 0. The molecule has 0 saturated heterocycles. The van der Waals surface area contributed by atoms with E-state index in [0.29, 0.717) is 18.7 Å². The standard InChI is InChI=1S/C34H43F2N5O6/c1-34(2,3)31(38-15-13-26(37)32(45)39-16-14-29(42)40-27(33(46)47)11-12-30(43)44)28-17-22(24-18-23(35)9-10-25(24)36)20-41(28)19-21-7-5-4-6-8-21/h4-10,17-18,20,26-27,31,38H,11-16,19,37H2,1-3H3,(H,39,45)(H,40,42)(H,43,44)(H,46,47)/t26-,27+,31-/m0/s1. The van der Waals surface area contributed by atoms with Gasteiger partial charge in [0.1, 0.15) is 17.7 Å². The molecule has 2 amide bonds. The van der Waals surface area contributed by atoms with Crippen LogP contribution in [-0.2, 0) is 25.7 Å². The monoisotopic (exact) mass is 655 g/mol. The Hall–Kier alpha value is -4.62. The van der Waals surface area contributed by atoms with E-state index in [1.165, 1.54) is 6.07 Å². The van der Waals surface area contributed by atoms with E-state index in [2.05, 4.69) is 16.0 Å². The molecule has 3 atom stereocenters. The van der Waals surface area contributed by atoms with Crippen molar-refractivity contribution in [3.05, 3.63) is 83.7 Å². The highest BCUT2D eigenvalue weighted by atomic mass is 19.1. The van der Waals surface area contributed by atoms with Gasteiger partial charge < -0.3 is 36.5 Å². The molecule has 3 aromatic rings. The number of hydrogen-bond donors (Lipinski definition) is 6. The molecular weight excluding hydrogens is 612 g/mol. The Labute approximate surface area is 272 Å². The van der Waals surface area contributed by atoms with Gasteiger partial charge in [-0.15, -0.1) is 0 Å². The maximum Gasteiger partial charge on any atom is 0.326 e. The van der Waals surface area contributed by atoms with Crippen LogP contribution in [0.5, 0.6) is 0 Å². The smallest absolute Gasteiger partial charge is 0.326 e. The first-order valence-corrected chi connectivity index (χ1v) is 15.4. The molecule has 0 saturated carbocycles. The summed E-state index contributed by atoms with van der Waals surface area (Å²) in [4.78, 5) is 46.8. The Morgan fingerprint density at radius 1 is 0.936 bits per heavy atom. The van der Waals surface area contributed by atoms with Crippen molar-refractivity contribution < 1.29 is 38.2 Å². The third-order valence-corrected chi connectivity index (χ3v) is 7.60. The summed E-state index contributed by atoms with van der Waals surface area (Å²) in [6, 6.07) is 12.4. The van der Waals surface area contributed by atoms with Gasteiger partial charge >= 0.3 is 11.9 Å². The number of nitrogens with two attached hydrogens (primary N) is 1. The average molecular weight is 656 g/mol. The first-order valence-electron chi connectivity index (χ1n) is 15.4. The summed E-state index contributed by atoms with van der Waals surface area (Å²) in [5, 5.41) is 26.3. The van der Waals surface area contributed by atoms with Gasteiger partial charge in [-0.2, -0.15) is 0 Å². The molecule has 11 nitrogen and oxygen atoms in total. The summed E-state index contributed by atoms with van der Waals surface area (Å²) in [6.07, 6.45) is 1.15. The molecule has 2 aromatic carbocycles. The van der Waals surface area contributed by atoms with Gasteiger partial charge in [0.15, 0.2) is 0 Å². The van der Waals surface area contributed by atoms with E-state index >= 15 is 0 Å². The summed E-state index contributed by atoms with van der Waals surface area (Å²) in [5.74, 6) is -4.76. The van der Waals surface area contributed by atoms with Crippen molar-refractivity contribution in [1.82, 2.24) is 20.5 Å². The summed E-state index contributed by atoms with van der Waals surface area (Å²) in [5.41, 5.74) is 8.33. The average Bonchev–Trinajstić information content (AvgIpc) is 3.40. The van der Waals surface area contributed by atoms with E-state index in [-0.39, 0.29) is 42.8 Å². The van der Waals surface area contributed by atoms with Gasteiger partial charge in [-0.1, -0.05) is 51.1 Å². The number of carbonyl (C=O) groups is 4. The molecule has 0 aliphatic carbocycles. The number of halogens is 2. The maximum absolute atomic E-state index is 14.8. The predicted molar refractivity (Wildman–Crippen MR) is 172 cm³/mol. The zero-order valence-corrected chi connectivity index (χ0v) is 26.8. The molecule has 13 heteroatoms. The lowest BCUT2D eigenvalue weighted by Crippen LogP contribution is -2.45. The molecule has 0 aliphatic rings. The van der Waals surface area contributed by atoms with Crippen molar-refractivity contribution in [1.29, 1.82) is 0 Å². The molecular formula is C34H43F2N5O6. The Morgan fingerprint density at radius 3 is 2.28 bits per heavy atom. The van der Waals surface area contributed by atoms with Crippen LogP contribution in [0.3, 0.4) is 0 Å². The minimum atomic E-state index is -1.35. The Balaban J connectivity index is 1.65. The van der Waals surface area contributed by atoms with Crippen molar-refractivity contribution in [3.8, 4) is 11.1 Å². The van der Waals surface area contributed by atoms with Crippen molar-refractivity contribution in [3.63, 3.8) is 0 Å². The first-order chi connectivity index (χ1) is 22.1. The van der Waals surface area contributed by atoms with Crippen LogP contribution in [0.2, 0.25) is 0 Å². The Morgan fingerprint density at radius 2 is 1.64 bits per heavy atom. The number of rotatable bonds is 17. The molecule has 1 aromatic heterocycles. The van der Waals surface area contributed by atoms with Crippen LogP contribution in [0, 0.1) is 17.0 Å². The van der Waals surface area contributed by atoms with Crippen molar-refractivity contribution in [2.75, 3.05) is 13.1 Å². The van der Waals surface area contributed by atoms with Gasteiger partial charge in [-0.3, -0.25) is 14.4 Å². The largest absolute Gasteiger partial charge is 0.481 e. The number of aliphatic carboxylic acids is 2. The topological polar surface area (TPSA) is 176 Å². The second kappa shape index (κ2) is 16.8. The minimum absolute atomic E-state index is 0.0892. The third-order valence-electron chi connectivity index (χ3n) is 7.60. The van der Waals surface area contributed by atoms with Gasteiger partial charge in [0.05, 0.1) is 12.1 Å². The predicted octanol–water partition coefficient (Wildman–Crippen LogP) is 3.82. The van der Waals surface area contributed by atoms with E-state index in [1.807, 2.05) is 61.7 Å². The highest BCUT2D eigenvalue weighted by Gasteiger charge is 2.30. The fraction of sp³-hybridized carbons (Fsp3) is 0.412. The molecule has 0 spiro atoms. The van der Waals surface area contributed by atoms with E-state index in [0.717, 1.165) is 23.4 Å². The number of hydrogen-bond acceptors (Lipinski definition) is 6. The molecule has 47 heavy (non-hydrogen) atoms. The van der Waals surface area contributed by atoms with Crippen LogP contribution in [-0.4, -0.2) is 63.7 Å². The van der Waals surface area contributed by atoms with Gasteiger partial charge in [0.2, 0.25) is 11.8 Å². The summed E-state index contributed by atoms with van der Waals surface area (Å²) in [6.45, 7) is 6.86. The lowest BCUT2D eigenvalue weighted by molar-refractivity contribution is -0.143. The molecule has 0 unspecified atom stereocenters. The fourth-order valence-corrected chi connectivity index (χ4v) is 5.14. The van der Waals surface area contributed by atoms with Gasteiger partial charge in [0, 0.05) is 48.9 Å². The molecule has 0 radical (unpaired) electrons. The van der Waals surface area contributed by atoms with Crippen molar-refractivity contribution in [2.24, 2.45) is 11.1 Å². The van der Waals surface area contributed by atoms with Crippen LogP contribution in [0.4, 0.5) is 8.78 Å². The van der Waals surface area contributed by atoms with Crippen molar-refractivity contribution >= 4 is 23.8 Å². The quantitative estimate of drug-likeness (QED) is 0.127. The van der Waals surface area contributed by atoms with E-state index in [4.69, 9.17) is 10.8 Å². The highest BCUT2D eigenvalue weighted by molar-refractivity contribution is 5.85. The van der Waals surface area contributed by atoms with Crippen molar-refractivity contribution in [2.45, 2.75) is 71.1 Å². The molecule has 0 fully saturated rings. The Bertz CT molecular complexity index is 1540. The van der Waals surface area contributed by atoms with Gasteiger partial charge in [0.25, 0.3) is 0 Å². The number of nitrogens with one attached hydrogen (secondary N) is 3. The van der Waals surface area contributed by atoms with Crippen LogP contribution in [0.15, 0.2) is 60.8 Å². The lowest BCUT2D eigenvalue weighted by Gasteiger charge is -2.33. The van der Waals surface area contributed by atoms with Crippen LogP contribution < -0.4 is 21.7 Å². The number of aromatic nitrogens is 1. The zero-order valence-electron chi connectivity index (χ0n) is 26.8. The number of nitrogens with zero attached hydrogens (tertiary/aromatic N) is 1. The van der Waals surface area contributed by atoms with Crippen LogP contribution in [0.25, 0.3) is 11.1 Å². The number of carboxylic acid groups (broad SMARTS) is 2. The third kappa shape index (κ3) is 11.3. The number of carboxylic acids is 2. The molecule has 0 bridgehead atoms. The highest BCUT2D eigenvalue weighted by Crippen LogP contribution is 2.37. The SMILES string of the molecule is CC(C)(C)[C@@H](NCC[C@H](N)C(=O)NCCC(=O)N[C@H](CCC(=O)O)C(=O)O)c1cc(-c2cc(F)ccc2F)cn1Cc1ccccc1. The lowest BCUT2D eigenvalue weighted by atomic mass is 9.84. The Kier molecular flexibility index (Phi) is 13.2. The second-order valence-electron chi connectivity index (χ2n) is 12.5. The normalized spacial score (nSPS) is 13.4. The molecule has 3 rings (SSSR count). The van der Waals surface area contributed by atoms with Gasteiger partial charge in [-0.25, -0.2) is 13.6 Å².